The van der Waals surface area contributed by atoms with E-state index in [0.29, 0.717) is 13.1 Å². The second-order valence-electron chi connectivity index (χ2n) is 5.05. The van der Waals surface area contributed by atoms with E-state index in [1.165, 1.54) is 0 Å². The Kier molecular flexibility index (Phi) is 4.65. The molecule has 1 aliphatic rings. The van der Waals surface area contributed by atoms with Crippen LogP contribution in [0.25, 0.3) is 0 Å². The Labute approximate surface area is 126 Å². The highest BCUT2D eigenvalue weighted by atomic mass is 79.9. The molecule has 0 aromatic heterocycles. The summed E-state index contributed by atoms with van der Waals surface area (Å²) in [6.45, 7) is 2.97. The number of carbonyl (C=O) groups excluding carboxylic acids is 2. The Morgan fingerprint density at radius 3 is 2.60 bits per heavy atom. The number of likely N-dealkylation sites (tertiary alicyclic amines) is 1. The Morgan fingerprint density at radius 2 is 2.05 bits per heavy atom. The van der Waals surface area contributed by atoms with Gasteiger partial charge in [0.2, 0.25) is 5.91 Å². The zero-order valence-corrected chi connectivity index (χ0v) is 12.9. The summed E-state index contributed by atoms with van der Waals surface area (Å²) in [4.78, 5) is 24.8. The first-order valence-electron chi connectivity index (χ1n) is 6.57. The van der Waals surface area contributed by atoms with E-state index in [0.717, 1.165) is 16.5 Å². The molecule has 2 atom stereocenters. The largest absolute Gasteiger partial charge is 0.351 e. The summed E-state index contributed by atoms with van der Waals surface area (Å²) in [5.74, 6) is -0.241. The van der Waals surface area contributed by atoms with Crippen LogP contribution in [0.1, 0.15) is 24.8 Å². The van der Waals surface area contributed by atoms with Crippen molar-refractivity contribution in [3.63, 3.8) is 0 Å². The molecule has 6 heteroatoms. The first-order chi connectivity index (χ1) is 9.47. The minimum Gasteiger partial charge on any atom is -0.351 e. The maximum absolute atomic E-state index is 12.2. The number of halogens is 1. The minimum absolute atomic E-state index is 0.00658. The maximum atomic E-state index is 12.2. The quantitative estimate of drug-likeness (QED) is 0.881. The van der Waals surface area contributed by atoms with Gasteiger partial charge in [0.25, 0.3) is 0 Å². The smallest absolute Gasteiger partial charge is 0.314 e. The summed E-state index contributed by atoms with van der Waals surface area (Å²) in [7, 11) is 0. The molecular weight excluding hydrogens is 322 g/mol. The van der Waals surface area contributed by atoms with Crippen molar-refractivity contribution in [2.45, 2.75) is 25.3 Å². The topological polar surface area (TPSA) is 75.4 Å². The lowest BCUT2D eigenvalue weighted by atomic mass is 10.00. The number of nitrogens with zero attached hydrogens (tertiary/aromatic N) is 1. The zero-order chi connectivity index (χ0) is 14.7. The van der Waals surface area contributed by atoms with E-state index >= 15 is 0 Å². The number of rotatable bonds is 3. The van der Waals surface area contributed by atoms with Crippen LogP contribution in [0.4, 0.5) is 4.79 Å². The third kappa shape index (κ3) is 3.50. The van der Waals surface area contributed by atoms with Gasteiger partial charge in [-0.25, -0.2) is 4.79 Å². The molecule has 1 fully saturated rings. The summed E-state index contributed by atoms with van der Waals surface area (Å²) in [5, 5.41) is 2.98. The fourth-order valence-electron chi connectivity index (χ4n) is 2.31. The van der Waals surface area contributed by atoms with Gasteiger partial charge in [-0.2, -0.15) is 0 Å². The van der Waals surface area contributed by atoms with Crippen molar-refractivity contribution in [2.24, 2.45) is 5.73 Å². The van der Waals surface area contributed by atoms with Gasteiger partial charge in [-0.15, -0.1) is 0 Å². The first kappa shape index (κ1) is 14.8. The molecule has 3 N–H and O–H groups in total. The number of nitrogens with one attached hydrogen (secondary N) is 1. The Balaban J connectivity index is 1.92. The monoisotopic (exact) mass is 339 g/mol. The van der Waals surface area contributed by atoms with Crippen LogP contribution < -0.4 is 11.1 Å². The second kappa shape index (κ2) is 6.26. The molecule has 0 spiro atoms. The maximum Gasteiger partial charge on any atom is 0.314 e. The van der Waals surface area contributed by atoms with E-state index in [2.05, 4.69) is 21.2 Å². The van der Waals surface area contributed by atoms with Gasteiger partial charge in [0.1, 0.15) is 0 Å². The van der Waals surface area contributed by atoms with Gasteiger partial charge in [0.15, 0.2) is 0 Å². The molecule has 5 nitrogen and oxygen atoms in total. The Morgan fingerprint density at radius 1 is 1.40 bits per heavy atom. The first-order valence-corrected chi connectivity index (χ1v) is 7.37. The zero-order valence-electron chi connectivity index (χ0n) is 11.3. The highest BCUT2D eigenvalue weighted by molar-refractivity contribution is 9.10. The second-order valence-corrected chi connectivity index (χ2v) is 5.97. The number of hydrogen-bond acceptors (Lipinski definition) is 2. The van der Waals surface area contributed by atoms with Gasteiger partial charge in [-0.05, 0) is 31.0 Å². The van der Waals surface area contributed by atoms with Crippen LogP contribution in [0.2, 0.25) is 0 Å². The number of nitrogens with two attached hydrogens (primary N) is 1. The Hall–Kier alpha value is -1.56. The normalized spacial score (nSPS) is 19.7. The molecule has 0 aliphatic carbocycles. The number of primary amides is 1. The van der Waals surface area contributed by atoms with Gasteiger partial charge in [-0.1, -0.05) is 28.1 Å². The van der Waals surface area contributed by atoms with Crippen LogP contribution in [-0.2, 0) is 4.79 Å². The molecule has 108 valence electrons. The van der Waals surface area contributed by atoms with Gasteiger partial charge < -0.3 is 16.0 Å². The average Bonchev–Trinajstić information content (AvgIpc) is 2.87. The lowest BCUT2D eigenvalue weighted by Gasteiger charge is -2.18. The highest BCUT2D eigenvalue weighted by Gasteiger charge is 2.27. The van der Waals surface area contributed by atoms with Crippen molar-refractivity contribution in [3.8, 4) is 0 Å². The van der Waals surface area contributed by atoms with E-state index in [-0.39, 0.29) is 17.9 Å². The number of carbonyl (C=O) groups is 2. The van der Waals surface area contributed by atoms with Crippen LogP contribution in [0.5, 0.6) is 0 Å². The van der Waals surface area contributed by atoms with Gasteiger partial charge >= 0.3 is 6.03 Å². The summed E-state index contributed by atoms with van der Waals surface area (Å²) in [6.07, 6.45) is 0.752. The molecule has 0 radical (unpaired) electrons. The average molecular weight is 340 g/mol. The van der Waals surface area contributed by atoms with Crippen molar-refractivity contribution < 1.29 is 9.59 Å². The fraction of sp³-hybridized carbons (Fsp3) is 0.429. The molecule has 0 saturated carbocycles. The van der Waals surface area contributed by atoms with Crippen molar-refractivity contribution in [1.82, 2.24) is 10.2 Å². The van der Waals surface area contributed by atoms with Crippen LogP contribution in [0, 0.1) is 0 Å². The molecule has 1 aromatic carbocycles. The molecule has 2 rings (SSSR count). The van der Waals surface area contributed by atoms with Crippen LogP contribution in [0.15, 0.2) is 28.7 Å². The third-order valence-corrected chi connectivity index (χ3v) is 4.14. The summed E-state index contributed by atoms with van der Waals surface area (Å²) >= 11 is 3.37. The third-order valence-electron chi connectivity index (χ3n) is 3.61. The van der Waals surface area contributed by atoms with E-state index in [1.54, 1.807) is 4.90 Å². The van der Waals surface area contributed by atoms with Crippen LogP contribution in [-0.4, -0.2) is 36.0 Å². The van der Waals surface area contributed by atoms with Gasteiger partial charge in [-0.3, -0.25) is 4.79 Å². The minimum atomic E-state index is -0.428. The standard InChI is InChI=1S/C14H18BrN3O2/c1-9(10-2-4-11(15)5-3-10)13(19)17-12-6-7-18(8-12)14(16)20/h2-5,9,12H,6-8H2,1H3,(H2,16,20)(H,17,19)/t9-,12-/m0/s1. The number of benzene rings is 1. The number of hydrogen-bond donors (Lipinski definition) is 2. The summed E-state index contributed by atoms with van der Waals surface area (Å²) in [5.41, 5.74) is 6.19. The van der Waals surface area contributed by atoms with Crippen LogP contribution in [0.3, 0.4) is 0 Å². The highest BCUT2D eigenvalue weighted by Crippen LogP contribution is 2.19. The van der Waals surface area contributed by atoms with Crippen molar-refractivity contribution in [3.05, 3.63) is 34.3 Å². The van der Waals surface area contributed by atoms with Crippen molar-refractivity contribution in [2.75, 3.05) is 13.1 Å². The van der Waals surface area contributed by atoms with Gasteiger partial charge in [0, 0.05) is 23.6 Å². The summed E-state index contributed by atoms with van der Waals surface area (Å²) in [6, 6.07) is 7.26. The molecule has 1 heterocycles. The molecule has 20 heavy (non-hydrogen) atoms. The van der Waals surface area contributed by atoms with Gasteiger partial charge in [0.05, 0.1) is 5.92 Å². The molecule has 3 amide bonds. The molecule has 1 saturated heterocycles. The number of urea groups is 1. The molecular formula is C14H18BrN3O2. The number of amides is 3. The molecule has 1 aromatic rings. The summed E-state index contributed by atoms with van der Waals surface area (Å²) < 4.78 is 0.988. The predicted octanol–water partition coefficient (Wildman–Crippen LogP) is 1.82. The van der Waals surface area contributed by atoms with E-state index in [1.807, 2.05) is 31.2 Å². The van der Waals surface area contributed by atoms with Crippen molar-refractivity contribution >= 4 is 27.9 Å². The predicted molar refractivity (Wildman–Crippen MR) is 80.3 cm³/mol. The molecule has 1 aliphatic heterocycles. The van der Waals surface area contributed by atoms with Crippen LogP contribution >= 0.6 is 15.9 Å². The molecule has 0 bridgehead atoms. The lowest BCUT2D eigenvalue weighted by Crippen LogP contribution is -2.41. The lowest BCUT2D eigenvalue weighted by molar-refractivity contribution is -0.122. The molecule has 0 unspecified atom stereocenters. The van der Waals surface area contributed by atoms with Crippen molar-refractivity contribution in [1.29, 1.82) is 0 Å². The SMILES string of the molecule is C[C@H](C(=O)N[C@H]1CCN(C(N)=O)C1)c1ccc(Br)cc1. The van der Waals surface area contributed by atoms with E-state index in [4.69, 9.17) is 5.73 Å². The van der Waals surface area contributed by atoms with E-state index < -0.39 is 6.03 Å². The fourth-order valence-corrected chi connectivity index (χ4v) is 2.57. The van der Waals surface area contributed by atoms with E-state index in [9.17, 15) is 9.59 Å². The Bertz CT molecular complexity index is 504.